The highest BCUT2D eigenvalue weighted by atomic mass is 32.2. The minimum absolute atomic E-state index is 0.0226. The van der Waals surface area contributed by atoms with Crippen molar-refractivity contribution in [1.82, 2.24) is 20.1 Å². The van der Waals surface area contributed by atoms with E-state index in [9.17, 15) is 4.79 Å². The molecule has 0 bridgehead atoms. The molecular formula is C20H22N4O2S. The van der Waals surface area contributed by atoms with Gasteiger partial charge in [0.2, 0.25) is 0 Å². The first-order valence-electron chi connectivity index (χ1n) is 9.35. The first-order valence-corrected chi connectivity index (χ1v) is 10.5. The summed E-state index contributed by atoms with van der Waals surface area (Å²) in [5.41, 5.74) is 4.49. The molecule has 1 saturated heterocycles. The van der Waals surface area contributed by atoms with Gasteiger partial charge in [-0.05, 0) is 22.9 Å². The van der Waals surface area contributed by atoms with Crippen LogP contribution in [0.25, 0.3) is 10.9 Å². The average molecular weight is 382 g/mol. The molecule has 0 saturated carbocycles. The summed E-state index contributed by atoms with van der Waals surface area (Å²) < 4.78 is 7.35. The molecule has 4 heterocycles. The van der Waals surface area contributed by atoms with Crippen LogP contribution >= 0.6 is 11.8 Å². The van der Waals surface area contributed by atoms with E-state index in [-0.39, 0.29) is 17.6 Å². The van der Waals surface area contributed by atoms with E-state index in [0.29, 0.717) is 13.2 Å². The minimum Gasteiger partial charge on any atom is -0.377 e. The minimum atomic E-state index is -0.0671. The number of nitrogens with zero attached hydrogens (tertiary/aromatic N) is 2. The number of hydrogen-bond acceptors (Lipinski definition) is 5. The SMILES string of the molecule is O=c1cc2c(nn1C1COCC1NCc1c[nH]c3ccccc13)CCSC2. The zero-order valence-electron chi connectivity index (χ0n) is 15.0. The van der Waals surface area contributed by atoms with E-state index in [1.54, 1.807) is 10.7 Å². The standard InChI is InChI=1S/C20H22N4O2S/c25-20-7-13-12-27-6-5-16(13)23-24(20)19-11-26-10-18(19)22-9-14-8-21-17-4-2-1-3-15(14)17/h1-4,7-8,18-19,21-22H,5-6,9-12H2. The van der Waals surface area contributed by atoms with Gasteiger partial charge in [-0.2, -0.15) is 16.9 Å². The number of aryl methyl sites for hydroxylation is 1. The van der Waals surface area contributed by atoms with Crippen LogP contribution in [0.3, 0.4) is 0 Å². The Balaban J connectivity index is 1.37. The molecule has 2 atom stereocenters. The molecule has 2 aliphatic rings. The first-order chi connectivity index (χ1) is 13.3. The zero-order chi connectivity index (χ0) is 18.2. The van der Waals surface area contributed by atoms with Crippen LogP contribution in [0.15, 0.2) is 41.3 Å². The number of H-pyrrole nitrogens is 1. The van der Waals surface area contributed by atoms with E-state index in [0.717, 1.165) is 41.2 Å². The maximum atomic E-state index is 12.6. The summed E-state index contributed by atoms with van der Waals surface area (Å²) in [5, 5.41) is 9.51. The van der Waals surface area contributed by atoms with Crippen molar-refractivity contribution in [1.29, 1.82) is 0 Å². The average Bonchev–Trinajstić information content (AvgIpc) is 3.32. The lowest BCUT2D eigenvalue weighted by molar-refractivity contribution is 0.180. The van der Waals surface area contributed by atoms with Crippen LogP contribution in [0.4, 0.5) is 0 Å². The number of rotatable bonds is 4. The van der Waals surface area contributed by atoms with Crippen LogP contribution in [0.5, 0.6) is 0 Å². The smallest absolute Gasteiger partial charge is 0.267 e. The van der Waals surface area contributed by atoms with Crippen LogP contribution < -0.4 is 10.9 Å². The Morgan fingerprint density at radius 1 is 1.33 bits per heavy atom. The molecule has 0 radical (unpaired) electrons. The summed E-state index contributed by atoms with van der Waals surface area (Å²) in [6.07, 6.45) is 2.98. The molecule has 6 nitrogen and oxygen atoms in total. The third-order valence-electron chi connectivity index (χ3n) is 5.46. The summed E-state index contributed by atoms with van der Waals surface area (Å²) in [4.78, 5) is 15.9. The number of benzene rings is 1. The number of aromatic nitrogens is 3. The second-order valence-corrected chi connectivity index (χ2v) is 8.26. The molecule has 27 heavy (non-hydrogen) atoms. The number of fused-ring (bicyclic) bond motifs is 2. The van der Waals surface area contributed by atoms with Gasteiger partial charge in [0.25, 0.3) is 5.56 Å². The molecule has 2 N–H and O–H groups in total. The molecule has 7 heteroatoms. The fourth-order valence-corrected chi connectivity index (χ4v) is 4.92. The summed E-state index contributed by atoms with van der Waals surface area (Å²) in [7, 11) is 0. The molecule has 140 valence electrons. The van der Waals surface area contributed by atoms with Gasteiger partial charge in [-0.15, -0.1) is 0 Å². The Morgan fingerprint density at radius 2 is 2.26 bits per heavy atom. The number of nitrogens with one attached hydrogen (secondary N) is 2. The number of para-hydroxylation sites is 1. The molecule has 2 aromatic heterocycles. The first kappa shape index (κ1) is 17.0. The van der Waals surface area contributed by atoms with E-state index in [1.165, 1.54) is 10.9 Å². The van der Waals surface area contributed by atoms with E-state index >= 15 is 0 Å². The summed E-state index contributed by atoms with van der Waals surface area (Å²) in [5.74, 6) is 1.96. The topological polar surface area (TPSA) is 71.9 Å². The Morgan fingerprint density at radius 3 is 3.22 bits per heavy atom. The van der Waals surface area contributed by atoms with Crippen molar-refractivity contribution in [3.05, 3.63) is 63.7 Å². The van der Waals surface area contributed by atoms with Crippen molar-refractivity contribution < 1.29 is 4.74 Å². The maximum absolute atomic E-state index is 12.6. The normalized spacial score (nSPS) is 22.2. The van der Waals surface area contributed by atoms with Crippen molar-refractivity contribution in [3.8, 4) is 0 Å². The quantitative estimate of drug-likeness (QED) is 0.724. The number of hydrogen-bond donors (Lipinski definition) is 2. The largest absolute Gasteiger partial charge is 0.377 e. The maximum Gasteiger partial charge on any atom is 0.267 e. The van der Waals surface area contributed by atoms with Gasteiger partial charge in [0, 0.05) is 41.9 Å². The molecule has 5 rings (SSSR count). The Bertz CT molecular complexity index is 1030. The molecule has 0 aliphatic carbocycles. The highest BCUT2D eigenvalue weighted by Gasteiger charge is 2.32. The molecule has 0 amide bonds. The third-order valence-corrected chi connectivity index (χ3v) is 6.47. The Kier molecular flexibility index (Phi) is 4.51. The highest BCUT2D eigenvalue weighted by molar-refractivity contribution is 7.98. The van der Waals surface area contributed by atoms with Crippen molar-refractivity contribution in [2.75, 3.05) is 19.0 Å². The second kappa shape index (κ2) is 7.14. The number of ether oxygens (including phenoxy) is 1. The van der Waals surface area contributed by atoms with Gasteiger partial charge >= 0.3 is 0 Å². The number of aromatic amines is 1. The van der Waals surface area contributed by atoms with E-state index in [2.05, 4.69) is 28.5 Å². The fourth-order valence-electron chi connectivity index (χ4n) is 3.96. The van der Waals surface area contributed by atoms with Crippen LogP contribution in [0, 0.1) is 0 Å². The van der Waals surface area contributed by atoms with Gasteiger partial charge < -0.3 is 15.0 Å². The summed E-state index contributed by atoms with van der Waals surface area (Å²) in [6.45, 7) is 1.84. The third kappa shape index (κ3) is 3.20. The van der Waals surface area contributed by atoms with Crippen LogP contribution in [-0.4, -0.2) is 39.8 Å². The lowest BCUT2D eigenvalue weighted by Crippen LogP contribution is -2.41. The predicted octanol–water partition coefficient (Wildman–Crippen LogP) is 2.24. The van der Waals surface area contributed by atoms with Crippen molar-refractivity contribution in [2.45, 2.75) is 30.8 Å². The van der Waals surface area contributed by atoms with Gasteiger partial charge in [-0.3, -0.25) is 4.79 Å². The Labute approximate surface area is 161 Å². The predicted molar refractivity (Wildman–Crippen MR) is 107 cm³/mol. The van der Waals surface area contributed by atoms with Crippen LogP contribution in [0.2, 0.25) is 0 Å². The summed E-state index contributed by atoms with van der Waals surface area (Å²) in [6, 6.07) is 10.1. The van der Waals surface area contributed by atoms with Crippen molar-refractivity contribution >= 4 is 22.7 Å². The van der Waals surface area contributed by atoms with E-state index in [4.69, 9.17) is 9.84 Å². The van der Waals surface area contributed by atoms with Gasteiger partial charge in [0.1, 0.15) is 0 Å². The van der Waals surface area contributed by atoms with Crippen LogP contribution in [0.1, 0.15) is 22.9 Å². The molecular weight excluding hydrogens is 360 g/mol. The van der Waals surface area contributed by atoms with Gasteiger partial charge in [-0.25, -0.2) is 4.68 Å². The summed E-state index contributed by atoms with van der Waals surface area (Å²) >= 11 is 1.86. The highest BCUT2D eigenvalue weighted by Crippen LogP contribution is 2.24. The van der Waals surface area contributed by atoms with Crippen molar-refractivity contribution in [2.24, 2.45) is 0 Å². The van der Waals surface area contributed by atoms with E-state index in [1.807, 2.05) is 24.0 Å². The molecule has 0 spiro atoms. The van der Waals surface area contributed by atoms with E-state index < -0.39 is 0 Å². The fraction of sp³-hybridized carbons (Fsp3) is 0.400. The molecule has 3 aromatic rings. The Hall–Kier alpha value is -2.09. The van der Waals surface area contributed by atoms with Gasteiger partial charge in [-0.1, -0.05) is 18.2 Å². The zero-order valence-corrected chi connectivity index (χ0v) is 15.8. The van der Waals surface area contributed by atoms with Crippen molar-refractivity contribution in [3.63, 3.8) is 0 Å². The lowest BCUT2D eigenvalue weighted by atomic mass is 10.1. The molecule has 1 aromatic carbocycles. The monoisotopic (exact) mass is 382 g/mol. The molecule has 1 fully saturated rings. The lowest BCUT2D eigenvalue weighted by Gasteiger charge is -2.22. The number of thioether (sulfide) groups is 1. The second-order valence-electron chi connectivity index (χ2n) is 7.15. The molecule has 2 aliphatic heterocycles. The van der Waals surface area contributed by atoms with Crippen LogP contribution in [-0.2, 0) is 23.5 Å². The molecule has 2 unspecified atom stereocenters. The van der Waals surface area contributed by atoms with Gasteiger partial charge in [0.15, 0.2) is 0 Å². The van der Waals surface area contributed by atoms with Gasteiger partial charge in [0.05, 0.1) is 31.0 Å².